The molecule has 70 heavy (non-hydrogen) atoms. The van der Waals surface area contributed by atoms with Crippen molar-refractivity contribution in [3.05, 3.63) is 36.0 Å². The largest absolute Gasteiger partial charge is 0.379 e. The van der Waals surface area contributed by atoms with E-state index in [1.54, 1.807) is 5.57 Å². The molecule has 0 radical (unpaired) electrons. The number of nitrogens with zero attached hydrogens (tertiary/aromatic N) is 1. The normalized spacial score (nSPS) is 29.0. The molecule has 0 aromatic carbocycles. The van der Waals surface area contributed by atoms with E-state index in [1.165, 1.54) is 141 Å². The molecule has 0 aromatic heterocycles. The standard InChI is InChI=1S/C62H109N3O5/c1-7-8-9-10-11-12-13-14-15-16-17-18-19-20-21-25-42-69-49-55(48-65-40-23-22-24-41-65)70-45-44-68-43-39-64-59(67)32-30-54(66)47-52-33-36-60(5)53(46-52)29-31-56-57(60)34-37-61(6)58(56)35-38-62(61,63)51(4)28-26-27-50(2)3/h11-12,14-15,29,50-52,55-58H,7-10,13,16-28,30-49,63H2,1-6H3,(H,64,67). The maximum atomic E-state index is 13.2. The fourth-order valence-corrected chi connectivity index (χ4v) is 14.3. The van der Waals surface area contributed by atoms with Gasteiger partial charge in [-0.2, -0.15) is 0 Å². The Labute approximate surface area is 430 Å². The Morgan fingerprint density at radius 3 is 2.27 bits per heavy atom. The van der Waals surface area contributed by atoms with Gasteiger partial charge in [0.05, 0.1) is 32.5 Å². The minimum atomic E-state index is -0.0633. The van der Waals surface area contributed by atoms with Crippen LogP contribution in [-0.4, -0.2) is 87.4 Å². The second-order valence-corrected chi connectivity index (χ2v) is 24.3. The summed E-state index contributed by atoms with van der Waals surface area (Å²) in [6, 6.07) is 0. The number of piperidine rings is 1. The predicted octanol–water partition coefficient (Wildman–Crippen LogP) is 14.3. The summed E-state index contributed by atoms with van der Waals surface area (Å²) >= 11 is 0. The number of Topliss-reactive ketones (excluding diaryl/α,β-unsaturated/α-hetero) is 1. The van der Waals surface area contributed by atoms with Crippen LogP contribution in [0.5, 0.6) is 0 Å². The van der Waals surface area contributed by atoms with Gasteiger partial charge in [-0.1, -0.05) is 135 Å². The lowest BCUT2D eigenvalue weighted by molar-refractivity contribution is -0.126. The van der Waals surface area contributed by atoms with E-state index in [-0.39, 0.29) is 40.6 Å². The Hall–Kier alpha value is -1.84. The zero-order valence-corrected chi connectivity index (χ0v) is 46.4. The van der Waals surface area contributed by atoms with Crippen LogP contribution in [0.3, 0.4) is 0 Å². The van der Waals surface area contributed by atoms with E-state index in [0.29, 0.717) is 57.6 Å². The molecule has 1 saturated heterocycles. The van der Waals surface area contributed by atoms with Crippen LogP contribution in [0, 0.1) is 46.3 Å². The summed E-state index contributed by atoms with van der Waals surface area (Å²) < 4.78 is 18.3. The fraction of sp³-hybridized carbons (Fsp3) is 0.871. The van der Waals surface area contributed by atoms with Crippen molar-refractivity contribution in [1.82, 2.24) is 10.2 Å². The minimum absolute atomic E-state index is 0.0416. The zero-order valence-electron chi connectivity index (χ0n) is 46.4. The smallest absolute Gasteiger partial charge is 0.220 e. The number of hydrogen-bond donors (Lipinski definition) is 2. The van der Waals surface area contributed by atoms with Gasteiger partial charge in [0.25, 0.3) is 0 Å². The first kappa shape index (κ1) is 59.0. The number of ether oxygens (including phenoxy) is 3. The van der Waals surface area contributed by atoms with Crippen LogP contribution in [-0.2, 0) is 23.8 Å². The highest BCUT2D eigenvalue weighted by Crippen LogP contribution is 2.68. The SMILES string of the molecule is CCCCCC=CCC=CCCCCCCCCOCC(CN1CCCCC1)OCCOCCNC(=O)CCC(=O)CC1CCC2(C)C(=CCC3C2CCC2(C)C3CCC2(N)C(C)CCCC(C)C)C1. The Kier molecular flexibility index (Phi) is 26.8. The van der Waals surface area contributed by atoms with Crippen molar-refractivity contribution in [3.8, 4) is 0 Å². The maximum absolute atomic E-state index is 13.2. The monoisotopic (exact) mass is 976 g/mol. The van der Waals surface area contributed by atoms with Crippen molar-refractivity contribution in [2.45, 2.75) is 239 Å². The minimum Gasteiger partial charge on any atom is -0.379 e. The average Bonchev–Trinajstić information content (AvgIpc) is 3.63. The lowest BCUT2D eigenvalue weighted by Gasteiger charge is -2.60. The van der Waals surface area contributed by atoms with Crippen molar-refractivity contribution in [2.24, 2.45) is 52.1 Å². The number of allylic oxidation sites excluding steroid dienone is 6. The highest BCUT2D eigenvalue weighted by atomic mass is 16.6. The van der Waals surface area contributed by atoms with E-state index >= 15 is 0 Å². The predicted molar refractivity (Wildman–Crippen MR) is 293 cm³/mol. The number of likely N-dealkylation sites (tertiary alicyclic amines) is 1. The molecule has 4 aliphatic carbocycles. The van der Waals surface area contributed by atoms with E-state index in [2.05, 4.69) is 82.1 Å². The highest BCUT2D eigenvalue weighted by molar-refractivity contribution is 5.85. The lowest BCUT2D eigenvalue weighted by atomic mass is 9.45. The van der Waals surface area contributed by atoms with E-state index in [4.69, 9.17) is 19.9 Å². The molecular formula is C62H109N3O5. The van der Waals surface area contributed by atoms with Crippen molar-refractivity contribution in [2.75, 3.05) is 59.2 Å². The van der Waals surface area contributed by atoms with E-state index in [0.717, 1.165) is 75.6 Å². The highest BCUT2D eigenvalue weighted by Gasteiger charge is 2.63. The number of rotatable bonds is 36. The first-order valence-electron chi connectivity index (χ1n) is 30.0. The van der Waals surface area contributed by atoms with Gasteiger partial charge >= 0.3 is 0 Å². The Morgan fingerprint density at radius 1 is 0.786 bits per heavy atom. The topological polar surface area (TPSA) is 103 Å². The summed E-state index contributed by atoms with van der Waals surface area (Å²) in [5, 5.41) is 2.98. The number of carbonyl (C=O) groups is 2. The summed E-state index contributed by atoms with van der Waals surface area (Å²) in [4.78, 5) is 28.5. The number of unbranched alkanes of at least 4 members (excludes halogenated alkanes) is 9. The molecule has 1 amide bonds. The fourth-order valence-electron chi connectivity index (χ4n) is 14.3. The number of nitrogens with one attached hydrogen (secondary N) is 1. The van der Waals surface area contributed by atoms with Crippen molar-refractivity contribution >= 4 is 11.7 Å². The van der Waals surface area contributed by atoms with E-state index < -0.39 is 0 Å². The van der Waals surface area contributed by atoms with Gasteiger partial charge in [-0.05, 0) is 169 Å². The second-order valence-electron chi connectivity index (χ2n) is 24.3. The van der Waals surface area contributed by atoms with Gasteiger partial charge in [-0.3, -0.25) is 9.59 Å². The molecule has 3 N–H and O–H groups in total. The Balaban J connectivity index is 0.893. The molecule has 9 atom stereocenters. The van der Waals surface area contributed by atoms with Crippen LogP contribution in [0.2, 0.25) is 0 Å². The number of fused-ring (bicyclic) bond motifs is 5. The van der Waals surface area contributed by atoms with Crippen molar-refractivity contribution in [1.29, 1.82) is 0 Å². The molecule has 402 valence electrons. The van der Waals surface area contributed by atoms with Crippen LogP contribution in [0.1, 0.15) is 228 Å². The van der Waals surface area contributed by atoms with E-state index in [1.807, 2.05) is 0 Å². The molecule has 0 bridgehead atoms. The Morgan fingerprint density at radius 2 is 1.51 bits per heavy atom. The maximum Gasteiger partial charge on any atom is 0.220 e. The molecular weight excluding hydrogens is 867 g/mol. The second kappa shape index (κ2) is 31.8. The molecule has 0 aromatic rings. The number of carbonyl (C=O) groups excluding carboxylic acids is 2. The quantitative estimate of drug-likeness (QED) is 0.0476. The molecule has 5 aliphatic rings. The number of nitrogens with two attached hydrogens (primary N) is 1. The van der Waals surface area contributed by atoms with Gasteiger partial charge in [-0.25, -0.2) is 0 Å². The van der Waals surface area contributed by atoms with Crippen molar-refractivity contribution in [3.63, 3.8) is 0 Å². The number of ketones is 1. The third-order valence-electron chi connectivity index (χ3n) is 18.8. The van der Waals surface area contributed by atoms with Crippen LogP contribution in [0.15, 0.2) is 36.0 Å². The molecule has 8 heteroatoms. The first-order chi connectivity index (χ1) is 33.9. The summed E-state index contributed by atoms with van der Waals surface area (Å²) in [7, 11) is 0. The third-order valence-corrected chi connectivity index (χ3v) is 18.8. The van der Waals surface area contributed by atoms with Crippen molar-refractivity contribution < 1.29 is 23.8 Å². The number of hydrogen-bond acceptors (Lipinski definition) is 7. The summed E-state index contributed by atoms with van der Waals surface area (Å²) in [5.74, 6) is 4.12. The number of amides is 1. The molecule has 9 unspecified atom stereocenters. The summed E-state index contributed by atoms with van der Waals surface area (Å²) in [5.41, 5.74) is 9.62. The molecule has 3 saturated carbocycles. The molecule has 8 nitrogen and oxygen atoms in total. The van der Waals surface area contributed by atoms with Gasteiger partial charge in [0.1, 0.15) is 5.78 Å². The zero-order chi connectivity index (χ0) is 50.1. The van der Waals surface area contributed by atoms with Crippen LogP contribution >= 0.6 is 0 Å². The summed E-state index contributed by atoms with van der Waals surface area (Å²) in [6.07, 6.45) is 45.5. The molecule has 1 aliphatic heterocycles. The molecule has 0 spiro atoms. The van der Waals surface area contributed by atoms with Gasteiger partial charge in [-0.15, -0.1) is 0 Å². The van der Waals surface area contributed by atoms with Gasteiger partial charge < -0.3 is 30.2 Å². The third kappa shape index (κ3) is 18.5. The Bertz CT molecular complexity index is 1570. The molecule has 4 fully saturated rings. The molecule has 1 heterocycles. The van der Waals surface area contributed by atoms with Crippen LogP contribution < -0.4 is 11.1 Å². The molecule has 5 rings (SSSR count). The van der Waals surface area contributed by atoms with Gasteiger partial charge in [0.15, 0.2) is 0 Å². The lowest BCUT2D eigenvalue weighted by Crippen LogP contribution is -2.60. The summed E-state index contributed by atoms with van der Waals surface area (Å²) in [6.45, 7) is 21.1. The first-order valence-corrected chi connectivity index (χ1v) is 30.0. The van der Waals surface area contributed by atoms with Gasteiger partial charge in [0, 0.05) is 44.5 Å². The van der Waals surface area contributed by atoms with Crippen LogP contribution in [0.4, 0.5) is 0 Å². The van der Waals surface area contributed by atoms with Crippen LogP contribution in [0.25, 0.3) is 0 Å². The van der Waals surface area contributed by atoms with Gasteiger partial charge in [0.2, 0.25) is 5.91 Å². The average molecular weight is 977 g/mol. The van der Waals surface area contributed by atoms with E-state index in [9.17, 15) is 9.59 Å².